The summed E-state index contributed by atoms with van der Waals surface area (Å²) in [4.78, 5) is 30.2. The largest absolute Gasteiger partial charge is 0.346 e. The third kappa shape index (κ3) is 5.03. The van der Waals surface area contributed by atoms with E-state index in [1.807, 2.05) is 18.9 Å². The number of hydrogen-bond acceptors (Lipinski definition) is 3. The lowest BCUT2D eigenvalue weighted by molar-refractivity contribution is -0.130. The van der Waals surface area contributed by atoms with Crippen molar-refractivity contribution in [1.29, 1.82) is 0 Å². The number of halogens is 1. The van der Waals surface area contributed by atoms with Gasteiger partial charge in [-0.2, -0.15) is 0 Å². The van der Waals surface area contributed by atoms with Crippen LogP contribution in [0.4, 0.5) is 4.39 Å². The maximum atomic E-state index is 13.0. The van der Waals surface area contributed by atoms with Gasteiger partial charge in [0, 0.05) is 51.8 Å². The molecule has 24 heavy (non-hydrogen) atoms. The van der Waals surface area contributed by atoms with E-state index < -0.39 is 0 Å². The minimum absolute atomic E-state index is 0.0568. The van der Waals surface area contributed by atoms with Gasteiger partial charge in [0.25, 0.3) is 5.91 Å². The first-order valence-electron chi connectivity index (χ1n) is 8.52. The quantitative estimate of drug-likeness (QED) is 0.825. The van der Waals surface area contributed by atoms with Crippen molar-refractivity contribution in [2.24, 2.45) is 0 Å². The van der Waals surface area contributed by atoms with E-state index in [4.69, 9.17) is 0 Å². The van der Waals surface area contributed by atoms with Crippen molar-refractivity contribution in [1.82, 2.24) is 14.7 Å². The molecule has 2 amide bonds. The van der Waals surface area contributed by atoms with Crippen LogP contribution in [0, 0.1) is 5.82 Å². The Kier molecular flexibility index (Phi) is 6.73. The summed E-state index contributed by atoms with van der Waals surface area (Å²) in [5.41, 5.74) is 0.518. The lowest BCUT2D eigenvalue weighted by Gasteiger charge is -2.23. The number of benzene rings is 1. The molecule has 5 nitrogen and oxygen atoms in total. The van der Waals surface area contributed by atoms with Crippen LogP contribution in [0.2, 0.25) is 0 Å². The number of nitrogens with zero attached hydrogens (tertiary/aromatic N) is 3. The van der Waals surface area contributed by atoms with E-state index in [1.54, 1.807) is 4.90 Å². The van der Waals surface area contributed by atoms with Crippen molar-refractivity contribution >= 4 is 11.8 Å². The minimum Gasteiger partial charge on any atom is -0.346 e. The van der Waals surface area contributed by atoms with E-state index in [1.165, 1.54) is 24.3 Å². The van der Waals surface area contributed by atoms with Gasteiger partial charge in [-0.1, -0.05) is 0 Å². The molecule has 0 aromatic heterocycles. The van der Waals surface area contributed by atoms with Gasteiger partial charge in [-0.05, 0) is 44.2 Å². The number of rotatable bonds is 5. The fourth-order valence-electron chi connectivity index (χ4n) is 2.79. The van der Waals surface area contributed by atoms with Gasteiger partial charge in [0.2, 0.25) is 5.91 Å². The van der Waals surface area contributed by atoms with Crippen LogP contribution >= 0.6 is 0 Å². The van der Waals surface area contributed by atoms with Gasteiger partial charge in [-0.15, -0.1) is 0 Å². The number of hydrogen-bond donors (Lipinski definition) is 0. The standard InChI is InChI=1S/C18H26FN3O2/c1-3-20(2)17(23)9-12-21-10-4-11-22(14-13-21)18(24)15-5-7-16(19)8-6-15/h5-8H,3-4,9-14H2,1-2H3. The molecule has 0 unspecified atom stereocenters. The van der Waals surface area contributed by atoms with E-state index in [0.717, 1.165) is 32.6 Å². The molecule has 1 aliphatic rings. The van der Waals surface area contributed by atoms with Crippen LogP contribution in [0.5, 0.6) is 0 Å². The van der Waals surface area contributed by atoms with E-state index in [-0.39, 0.29) is 17.6 Å². The lowest BCUT2D eigenvalue weighted by Crippen LogP contribution is -2.36. The molecule has 0 atom stereocenters. The van der Waals surface area contributed by atoms with Gasteiger partial charge in [0.15, 0.2) is 0 Å². The first-order valence-corrected chi connectivity index (χ1v) is 8.52. The van der Waals surface area contributed by atoms with E-state index in [9.17, 15) is 14.0 Å². The molecule has 0 saturated carbocycles. The molecule has 0 N–H and O–H groups in total. The van der Waals surface area contributed by atoms with Gasteiger partial charge in [0.1, 0.15) is 5.82 Å². The monoisotopic (exact) mass is 335 g/mol. The molecular weight excluding hydrogens is 309 g/mol. The fourth-order valence-corrected chi connectivity index (χ4v) is 2.79. The van der Waals surface area contributed by atoms with Crippen molar-refractivity contribution in [3.05, 3.63) is 35.6 Å². The summed E-state index contributed by atoms with van der Waals surface area (Å²) in [7, 11) is 1.81. The van der Waals surface area contributed by atoms with Crippen LogP contribution in [0.15, 0.2) is 24.3 Å². The summed E-state index contributed by atoms with van der Waals surface area (Å²) in [5, 5.41) is 0. The zero-order valence-corrected chi connectivity index (χ0v) is 14.5. The molecule has 0 aliphatic carbocycles. The maximum Gasteiger partial charge on any atom is 0.253 e. The van der Waals surface area contributed by atoms with Gasteiger partial charge in [-0.3, -0.25) is 9.59 Å². The lowest BCUT2D eigenvalue weighted by atomic mass is 10.2. The second kappa shape index (κ2) is 8.78. The molecule has 2 rings (SSSR count). The van der Waals surface area contributed by atoms with Crippen LogP contribution < -0.4 is 0 Å². The number of carbonyl (C=O) groups excluding carboxylic acids is 2. The summed E-state index contributed by atoms with van der Waals surface area (Å²) in [6.07, 6.45) is 1.39. The summed E-state index contributed by atoms with van der Waals surface area (Å²) < 4.78 is 13.0. The molecule has 0 bridgehead atoms. The molecule has 0 spiro atoms. The second-order valence-electron chi connectivity index (χ2n) is 6.15. The van der Waals surface area contributed by atoms with Crippen LogP contribution in [0.1, 0.15) is 30.1 Å². The average Bonchev–Trinajstić information content (AvgIpc) is 2.84. The predicted molar refractivity (Wildman–Crippen MR) is 91.3 cm³/mol. The van der Waals surface area contributed by atoms with Crippen LogP contribution in [-0.2, 0) is 4.79 Å². The third-order valence-corrected chi connectivity index (χ3v) is 4.51. The molecule has 1 aromatic rings. The molecular formula is C18H26FN3O2. The Labute approximate surface area is 143 Å². The Hall–Kier alpha value is -1.95. The van der Waals surface area contributed by atoms with Crippen LogP contribution in [0.3, 0.4) is 0 Å². The van der Waals surface area contributed by atoms with Crippen molar-refractivity contribution in [3.63, 3.8) is 0 Å². The van der Waals surface area contributed by atoms with Crippen LogP contribution in [0.25, 0.3) is 0 Å². The highest BCUT2D eigenvalue weighted by molar-refractivity contribution is 5.94. The maximum absolute atomic E-state index is 13.0. The highest BCUT2D eigenvalue weighted by Gasteiger charge is 2.20. The summed E-state index contributed by atoms with van der Waals surface area (Å²) in [6.45, 7) is 6.37. The summed E-state index contributed by atoms with van der Waals surface area (Å²) in [5.74, 6) is -0.241. The molecule has 1 saturated heterocycles. The highest BCUT2D eigenvalue weighted by Crippen LogP contribution is 2.11. The minimum atomic E-state index is -0.338. The van der Waals surface area contributed by atoms with Gasteiger partial charge in [-0.25, -0.2) is 4.39 Å². The Morgan fingerprint density at radius 1 is 1.12 bits per heavy atom. The van der Waals surface area contributed by atoms with Crippen molar-refractivity contribution in [2.75, 3.05) is 46.3 Å². The predicted octanol–water partition coefficient (Wildman–Crippen LogP) is 1.84. The zero-order valence-electron chi connectivity index (χ0n) is 14.5. The Morgan fingerprint density at radius 3 is 2.50 bits per heavy atom. The molecule has 0 radical (unpaired) electrons. The Bertz CT molecular complexity index is 562. The topological polar surface area (TPSA) is 43.9 Å². The first-order chi connectivity index (χ1) is 11.5. The van der Waals surface area contributed by atoms with Crippen molar-refractivity contribution in [2.45, 2.75) is 19.8 Å². The number of carbonyl (C=O) groups is 2. The van der Waals surface area contributed by atoms with E-state index in [0.29, 0.717) is 25.1 Å². The van der Waals surface area contributed by atoms with E-state index >= 15 is 0 Å². The SMILES string of the molecule is CCN(C)C(=O)CCN1CCCN(C(=O)c2ccc(F)cc2)CC1. The van der Waals surface area contributed by atoms with Crippen molar-refractivity contribution < 1.29 is 14.0 Å². The number of amides is 2. The van der Waals surface area contributed by atoms with Crippen molar-refractivity contribution in [3.8, 4) is 0 Å². The van der Waals surface area contributed by atoms with Gasteiger partial charge >= 0.3 is 0 Å². The Morgan fingerprint density at radius 2 is 1.83 bits per heavy atom. The third-order valence-electron chi connectivity index (χ3n) is 4.51. The second-order valence-corrected chi connectivity index (χ2v) is 6.15. The van der Waals surface area contributed by atoms with Gasteiger partial charge < -0.3 is 14.7 Å². The zero-order chi connectivity index (χ0) is 17.5. The molecule has 132 valence electrons. The molecule has 1 aliphatic heterocycles. The summed E-state index contributed by atoms with van der Waals surface area (Å²) >= 11 is 0. The normalized spacial score (nSPS) is 15.9. The van der Waals surface area contributed by atoms with E-state index in [2.05, 4.69) is 4.90 Å². The summed E-state index contributed by atoms with van der Waals surface area (Å²) in [6, 6.07) is 5.68. The van der Waals surface area contributed by atoms with Crippen LogP contribution in [-0.4, -0.2) is 72.8 Å². The average molecular weight is 335 g/mol. The molecule has 6 heteroatoms. The first kappa shape index (κ1) is 18.4. The molecule has 1 fully saturated rings. The highest BCUT2D eigenvalue weighted by atomic mass is 19.1. The smallest absolute Gasteiger partial charge is 0.253 e. The molecule has 1 heterocycles. The Balaban J connectivity index is 1.85. The van der Waals surface area contributed by atoms with Gasteiger partial charge in [0.05, 0.1) is 0 Å². The fraction of sp³-hybridized carbons (Fsp3) is 0.556. The molecule has 1 aromatic carbocycles.